The molecule has 1 aliphatic rings. The average molecular weight is 108 g/mol. The first-order valence-corrected chi connectivity index (χ1v) is 3.47. The van der Waals surface area contributed by atoms with Gasteiger partial charge in [-0.05, 0) is 11.8 Å². The van der Waals surface area contributed by atoms with Crippen LogP contribution in [0.1, 0.15) is 26.7 Å². The minimum atomic E-state index is 0.481. The van der Waals surface area contributed by atoms with E-state index in [1.165, 1.54) is 12.8 Å². The largest absolute Gasteiger partial charge is 0.0723 e. The standard InChI is InChI=1S/C7H13B/c1-5-3-4-6(2)7(5)8/h5-7H,3-4H2,1-2H3/t5-,6-/m0/s1. The fraction of sp³-hybridized carbons (Fsp3) is 1.00. The second kappa shape index (κ2) is 2.12. The van der Waals surface area contributed by atoms with Gasteiger partial charge < -0.3 is 0 Å². The van der Waals surface area contributed by atoms with Gasteiger partial charge in [0, 0.05) is 0 Å². The van der Waals surface area contributed by atoms with Crippen LogP contribution in [0.25, 0.3) is 0 Å². The molecule has 1 rings (SSSR count). The molecule has 1 heteroatoms. The molecule has 1 fully saturated rings. The quantitative estimate of drug-likeness (QED) is 0.416. The van der Waals surface area contributed by atoms with Crippen molar-refractivity contribution in [3.05, 3.63) is 0 Å². The van der Waals surface area contributed by atoms with Crippen molar-refractivity contribution in [2.45, 2.75) is 32.5 Å². The van der Waals surface area contributed by atoms with Crippen molar-refractivity contribution in [2.75, 3.05) is 0 Å². The average Bonchev–Trinajstić information content (AvgIpc) is 1.98. The van der Waals surface area contributed by atoms with E-state index in [2.05, 4.69) is 13.8 Å². The first-order valence-electron chi connectivity index (χ1n) is 3.47. The third-order valence-electron chi connectivity index (χ3n) is 2.39. The van der Waals surface area contributed by atoms with Crippen LogP contribution < -0.4 is 0 Å². The van der Waals surface area contributed by atoms with Crippen molar-refractivity contribution >= 4 is 7.85 Å². The first-order chi connectivity index (χ1) is 3.72. The minimum Gasteiger partial charge on any atom is -0.0723 e. The van der Waals surface area contributed by atoms with Crippen LogP contribution >= 0.6 is 0 Å². The Morgan fingerprint density at radius 3 is 1.62 bits per heavy atom. The predicted octanol–water partition coefficient (Wildman–Crippen LogP) is 2.01. The van der Waals surface area contributed by atoms with E-state index in [0.29, 0.717) is 5.82 Å². The monoisotopic (exact) mass is 108 g/mol. The summed E-state index contributed by atoms with van der Waals surface area (Å²) >= 11 is 0. The summed E-state index contributed by atoms with van der Waals surface area (Å²) in [7, 11) is 5.82. The van der Waals surface area contributed by atoms with E-state index < -0.39 is 0 Å². The molecule has 0 aliphatic heterocycles. The number of hydrogen-bond acceptors (Lipinski definition) is 0. The maximum Gasteiger partial charge on any atom is 0.0706 e. The number of hydrogen-bond donors (Lipinski definition) is 0. The highest BCUT2D eigenvalue weighted by atomic mass is 14.3. The molecule has 0 saturated heterocycles. The lowest BCUT2D eigenvalue weighted by atomic mass is 9.75. The Bertz CT molecular complexity index is 70.5. The van der Waals surface area contributed by atoms with Gasteiger partial charge in [0.1, 0.15) is 0 Å². The summed E-state index contributed by atoms with van der Waals surface area (Å²) in [6, 6.07) is 0. The van der Waals surface area contributed by atoms with Gasteiger partial charge in [0.2, 0.25) is 0 Å². The molecule has 0 aromatic rings. The summed E-state index contributed by atoms with van der Waals surface area (Å²) in [5.41, 5.74) is 0. The fourth-order valence-electron chi connectivity index (χ4n) is 1.47. The van der Waals surface area contributed by atoms with Crippen LogP contribution in [0.4, 0.5) is 0 Å². The van der Waals surface area contributed by atoms with Crippen molar-refractivity contribution in [3.8, 4) is 0 Å². The molecule has 0 N–H and O–H groups in total. The molecule has 2 radical (unpaired) electrons. The molecule has 0 bridgehead atoms. The Morgan fingerprint density at radius 1 is 1.12 bits per heavy atom. The van der Waals surface area contributed by atoms with Gasteiger partial charge >= 0.3 is 0 Å². The Labute approximate surface area is 53.1 Å². The van der Waals surface area contributed by atoms with E-state index in [1.807, 2.05) is 0 Å². The topological polar surface area (TPSA) is 0 Å². The molecule has 8 heavy (non-hydrogen) atoms. The van der Waals surface area contributed by atoms with E-state index >= 15 is 0 Å². The zero-order chi connectivity index (χ0) is 6.15. The van der Waals surface area contributed by atoms with E-state index in [-0.39, 0.29) is 0 Å². The zero-order valence-corrected chi connectivity index (χ0v) is 5.72. The Hall–Kier alpha value is 0.0649. The molecular weight excluding hydrogens is 94.9 g/mol. The van der Waals surface area contributed by atoms with Gasteiger partial charge in [-0.1, -0.05) is 32.5 Å². The van der Waals surface area contributed by atoms with Crippen molar-refractivity contribution in [3.63, 3.8) is 0 Å². The molecule has 0 amide bonds. The molecule has 0 spiro atoms. The third-order valence-corrected chi connectivity index (χ3v) is 2.39. The fourth-order valence-corrected chi connectivity index (χ4v) is 1.47. The van der Waals surface area contributed by atoms with Crippen LogP contribution in [0.3, 0.4) is 0 Å². The highest BCUT2D eigenvalue weighted by Gasteiger charge is 2.24. The summed E-state index contributed by atoms with van der Waals surface area (Å²) in [5.74, 6) is 2.02. The van der Waals surface area contributed by atoms with Crippen LogP contribution in [0, 0.1) is 11.8 Å². The van der Waals surface area contributed by atoms with Crippen LogP contribution in [-0.2, 0) is 0 Å². The summed E-state index contributed by atoms with van der Waals surface area (Å²) in [6.45, 7) is 4.49. The lowest BCUT2D eigenvalue weighted by Gasteiger charge is -2.12. The molecule has 1 saturated carbocycles. The SMILES string of the molecule is [B]C1[C@@H](C)CC[C@@H]1C. The summed E-state index contributed by atoms with van der Waals surface area (Å²) in [5, 5.41) is 0. The van der Waals surface area contributed by atoms with E-state index in [9.17, 15) is 0 Å². The molecule has 1 aliphatic carbocycles. The van der Waals surface area contributed by atoms with Gasteiger partial charge in [-0.2, -0.15) is 0 Å². The van der Waals surface area contributed by atoms with Crippen molar-refractivity contribution in [2.24, 2.45) is 11.8 Å². The highest BCUT2D eigenvalue weighted by molar-refractivity contribution is 6.12. The molecule has 0 unspecified atom stereocenters. The van der Waals surface area contributed by atoms with Crippen molar-refractivity contribution < 1.29 is 0 Å². The minimum absolute atomic E-state index is 0.481. The molecule has 0 aromatic heterocycles. The Balaban J connectivity index is 2.44. The predicted molar refractivity (Wildman–Crippen MR) is 37.1 cm³/mol. The zero-order valence-electron chi connectivity index (χ0n) is 5.72. The van der Waals surface area contributed by atoms with Gasteiger partial charge in [0.25, 0.3) is 0 Å². The van der Waals surface area contributed by atoms with Crippen LogP contribution in [-0.4, -0.2) is 7.85 Å². The van der Waals surface area contributed by atoms with Gasteiger partial charge in [-0.15, -0.1) is 0 Å². The van der Waals surface area contributed by atoms with Crippen LogP contribution in [0.5, 0.6) is 0 Å². The van der Waals surface area contributed by atoms with Crippen molar-refractivity contribution in [1.82, 2.24) is 0 Å². The maximum absolute atomic E-state index is 5.82. The second-order valence-corrected chi connectivity index (χ2v) is 3.11. The normalized spacial score (nSPS) is 40.8. The second-order valence-electron chi connectivity index (χ2n) is 3.11. The van der Waals surface area contributed by atoms with Gasteiger partial charge in [0.15, 0.2) is 0 Å². The third kappa shape index (κ3) is 0.912. The lowest BCUT2D eigenvalue weighted by molar-refractivity contribution is 0.555. The summed E-state index contributed by atoms with van der Waals surface area (Å²) in [6.07, 6.45) is 2.67. The van der Waals surface area contributed by atoms with Crippen molar-refractivity contribution in [1.29, 1.82) is 0 Å². The van der Waals surface area contributed by atoms with Gasteiger partial charge in [0.05, 0.1) is 7.85 Å². The summed E-state index contributed by atoms with van der Waals surface area (Å²) < 4.78 is 0. The first kappa shape index (κ1) is 6.19. The van der Waals surface area contributed by atoms with E-state index in [4.69, 9.17) is 7.85 Å². The number of rotatable bonds is 0. The molecule has 0 aromatic carbocycles. The van der Waals surface area contributed by atoms with E-state index in [0.717, 1.165) is 11.8 Å². The molecule has 2 atom stereocenters. The summed E-state index contributed by atoms with van der Waals surface area (Å²) in [4.78, 5) is 0. The van der Waals surface area contributed by atoms with Crippen LogP contribution in [0.15, 0.2) is 0 Å². The Kier molecular flexibility index (Phi) is 1.64. The smallest absolute Gasteiger partial charge is 0.0706 e. The highest BCUT2D eigenvalue weighted by Crippen LogP contribution is 2.38. The molecule has 0 nitrogen and oxygen atoms in total. The molecule has 0 heterocycles. The molecular formula is C7H13B. The van der Waals surface area contributed by atoms with Crippen LogP contribution in [0.2, 0.25) is 5.82 Å². The molecule has 44 valence electrons. The van der Waals surface area contributed by atoms with E-state index in [1.54, 1.807) is 0 Å². The van der Waals surface area contributed by atoms with Gasteiger partial charge in [-0.3, -0.25) is 0 Å². The maximum atomic E-state index is 5.82. The Morgan fingerprint density at radius 2 is 1.50 bits per heavy atom. The van der Waals surface area contributed by atoms with Gasteiger partial charge in [-0.25, -0.2) is 0 Å². The lowest BCUT2D eigenvalue weighted by Crippen LogP contribution is -2.01.